The van der Waals surface area contributed by atoms with E-state index in [0.29, 0.717) is 17.4 Å². The molecule has 0 N–H and O–H groups in total. The molecule has 2 heterocycles. The maximum atomic E-state index is 6.43. The van der Waals surface area contributed by atoms with Crippen LogP contribution in [0.3, 0.4) is 0 Å². The highest BCUT2D eigenvalue weighted by Crippen LogP contribution is 2.46. The Morgan fingerprint density at radius 2 is 2.33 bits per heavy atom. The lowest BCUT2D eigenvalue weighted by molar-refractivity contribution is 0.0485. The molecule has 5 nitrogen and oxygen atoms in total. The third kappa shape index (κ3) is 2.59. The van der Waals surface area contributed by atoms with Crippen molar-refractivity contribution >= 4 is 11.6 Å². The van der Waals surface area contributed by atoms with Crippen LogP contribution in [0.5, 0.6) is 11.5 Å². The van der Waals surface area contributed by atoms with Gasteiger partial charge in [-0.25, -0.2) is 0 Å². The topological polar surface area (TPSA) is 45.5 Å². The summed E-state index contributed by atoms with van der Waals surface area (Å²) in [6.45, 7) is 0.823. The van der Waals surface area contributed by atoms with E-state index in [9.17, 15) is 0 Å². The van der Waals surface area contributed by atoms with Crippen molar-refractivity contribution < 1.29 is 14.2 Å². The summed E-state index contributed by atoms with van der Waals surface area (Å²) in [6, 6.07) is 3.83. The van der Waals surface area contributed by atoms with Crippen LogP contribution in [-0.4, -0.2) is 30.3 Å². The van der Waals surface area contributed by atoms with Gasteiger partial charge in [0.2, 0.25) is 0 Å². The Balaban J connectivity index is 2.18. The van der Waals surface area contributed by atoms with Gasteiger partial charge in [-0.1, -0.05) is 11.6 Å². The maximum Gasteiger partial charge on any atom is 0.188 e. The average Bonchev–Trinajstić information content (AvgIpc) is 2.92. The standard InChI is InChI=1S/C15H17ClN2O3/c1-18-13(5-6-17-18)11-8-12(16)10-4-3-7-20-14(10)15(11)21-9-19-2/h5-6,8H,3-4,7,9H2,1-2H3. The van der Waals surface area contributed by atoms with Gasteiger partial charge in [0.05, 0.1) is 12.3 Å². The monoisotopic (exact) mass is 308 g/mol. The van der Waals surface area contributed by atoms with Crippen LogP contribution in [0.15, 0.2) is 18.3 Å². The molecule has 1 aliphatic rings. The number of ether oxygens (including phenoxy) is 3. The molecule has 2 aromatic rings. The zero-order chi connectivity index (χ0) is 14.8. The molecule has 0 aliphatic carbocycles. The van der Waals surface area contributed by atoms with Crippen LogP contribution < -0.4 is 9.47 Å². The first-order valence-electron chi connectivity index (χ1n) is 6.80. The van der Waals surface area contributed by atoms with Crippen molar-refractivity contribution in [2.75, 3.05) is 20.5 Å². The third-order valence-electron chi connectivity index (χ3n) is 3.52. The number of halogens is 1. The van der Waals surface area contributed by atoms with E-state index >= 15 is 0 Å². The highest BCUT2D eigenvalue weighted by Gasteiger charge is 2.24. The van der Waals surface area contributed by atoms with E-state index in [1.807, 2.05) is 19.2 Å². The van der Waals surface area contributed by atoms with Gasteiger partial charge in [0.1, 0.15) is 0 Å². The largest absolute Gasteiger partial charge is 0.489 e. The van der Waals surface area contributed by atoms with E-state index in [4.69, 9.17) is 25.8 Å². The van der Waals surface area contributed by atoms with Gasteiger partial charge in [0, 0.05) is 36.5 Å². The average molecular weight is 309 g/mol. The fraction of sp³-hybridized carbons (Fsp3) is 0.400. The molecule has 3 rings (SSSR count). The second-order valence-corrected chi connectivity index (χ2v) is 5.29. The zero-order valence-electron chi connectivity index (χ0n) is 12.1. The fourth-order valence-corrected chi connectivity index (χ4v) is 2.83. The van der Waals surface area contributed by atoms with Crippen LogP contribution in [0.4, 0.5) is 0 Å². The van der Waals surface area contributed by atoms with Gasteiger partial charge in [0.15, 0.2) is 18.3 Å². The molecule has 0 radical (unpaired) electrons. The first-order chi connectivity index (χ1) is 10.2. The van der Waals surface area contributed by atoms with E-state index in [1.54, 1.807) is 18.0 Å². The first-order valence-corrected chi connectivity index (χ1v) is 7.18. The van der Waals surface area contributed by atoms with Crippen molar-refractivity contribution in [1.82, 2.24) is 9.78 Å². The van der Waals surface area contributed by atoms with Crippen molar-refractivity contribution in [3.8, 4) is 22.8 Å². The lowest BCUT2D eigenvalue weighted by Crippen LogP contribution is -2.12. The summed E-state index contributed by atoms with van der Waals surface area (Å²) in [4.78, 5) is 0. The number of hydrogen-bond donors (Lipinski definition) is 0. The number of nitrogens with zero attached hydrogens (tertiary/aromatic N) is 2. The lowest BCUT2D eigenvalue weighted by Gasteiger charge is -2.23. The van der Waals surface area contributed by atoms with E-state index < -0.39 is 0 Å². The summed E-state index contributed by atoms with van der Waals surface area (Å²) in [6.07, 6.45) is 3.59. The smallest absolute Gasteiger partial charge is 0.188 e. The molecule has 21 heavy (non-hydrogen) atoms. The molecule has 1 aromatic carbocycles. The van der Waals surface area contributed by atoms with E-state index in [0.717, 1.165) is 35.4 Å². The Bertz CT molecular complexity index is 655. The summed E-state index contributed by atoms with van der Waals surface area (Å²) in [5, 5.41) is 4.90. The second-order valence-electron chi connectivity index (χ2n) is 4.89. The van der Waals surface area contributed by atoms with Crippen LogP contribution in [0.1, 0.15) is 12.0 Å². The van der Waals surface area contributed by atoms with Crippen molar-refractivity contribution in [2.45, 2.75) is 12.8 Å². The predicted octanol–water partition coefficient (Wildman–Crippen LogP) is 3.05. The number of fused-ring (bicyclic) bond motifs is 1. The molecule has 0 amide bonds. The Morgan fingerprint density at radius 1 is 1.48 bits per heavy atom. The fourth-order valence-electron chi connectivity index (χ4n) is 2.55. The van der Waals surface area contributed by atoms with E-state index in [2.05, 4.69) is 5.10 Å². The maximum absolute atomic E-state index is 6.43. The Hall–Kier alpha value is -1.72. The molecule has 0 saturated carbocycles. The number of rotatable bonds is 4. The summed E-state index contributed by atoms with van der Waals surface area (Å²) in [7, 11) is 3.47. The first kappa shape index (κ1) is 14.2. The minimum atomic E-state index is 0.155. The molecule has 0 unspecified atom stereocenters. The third-order valence-corrected chi connectivity index (χ3v) is 3.86. The number of methoxy groups -OCH3 is 1. The molecule has 1 aromatic heterocycles. The van der Waals surface area contributed by atoms with Crippen molar-refractivity contribution in [3.05, 3.63) is 28.9 Å². The Morgan fingerprint density at radius 3 is 3.05 bits per heavy atom. The Kier molecular flexibility index (Phi) is 4.03. The van der Waals surface area contributed by atoms with Gasteiger partial charge in [0.25, 0.3) is 0 Å². The summed E-state index contributed by atoms with van der Waals surface area (Å²) in [5.41, 5.74) is 2.78. The summed E-state index contributed by atoms with van der Waals surface area (Å²) in [5.74, 6) is 1.39. The molecule has 0 fully saturated rings. The van der Waals surface area contributed by atoms with E-state index in [-0.39, 0.29) is 6.79 Å². The molecule has 0 saturated heterocycles. The highest BCUT2D eigenvalue weighted by molar-refractivity contribution is 6.32. The minimum absolute atomic E-state index is 0.155. The zero-order valence-corrected chi connectivity index (χ0v) is 12.8. The van der Waals surface area contributed by atoms with Crippen LogP contribution in [0.2, 0.25) is 5.02 Å². The quantitative estimate of drug-likeness (QED) is 0.814. The Labute approximate surface area is 128 Å². The highest BCUT2D eigenvalue weighted by atomic mass is 35.5. The molecule has 1 aliphatic heterocycles. The van der Waals surface area contributed by atoms with E-state index in [1.165, 1.54) is 0 Å². The van der Waals surface area contributed by atoms with Crippen LogP contribution in [-0.2, 0) is 18.2 Å². The van der Waals surface area contributed by atoms with Gasteiger partial charge in [-0.2, -0.15) is 5.10 Å². The molecule has 0 bridgehead atoms. The molecule has 6 heteroatoms. The van der Waals surface area contributed by atoms with Crippen molar-refractivity contribution in [3.63, 3.8) is 0 Å². The normalized spacial score (nSPS) is 13.7. The van der Waals surface area contributed by atoms with Crippen LogP contribution in [0, 0.1) is 0 Å². The number of aryl methyl sites for hydroxylation is 1. The predicted molar refractivity (Wildman–Crippen MR) is 80.0 cm³/mol. The summed E-state index contributed by atoms with van der Waals surface area (Å²) >= 11 is 6.43. The van der Waals surface area contributed by atoms with Crippen molar-refractivity contribution in [2.24, 2.45) is 7.05 Å². The van der Waals surface area contributed by atoms with Gasteiger partial charge >= 0.3 is 0 Å². The number of aromatic nitrogens is 2. The minimum Gasteiger partial charge on any atom is -0.489 e. The van der Waals surface area contributed by atoms with Gasteiger partial charge in [-0.3, -0.25) is 4.68 Å². The summed E-state index contributed by atoms with van der Waals surface area (Å²) < 4.78 is 18.4. The number of benzene rings is 1. The molecule has 0 spiro atoms. The van der Waals surface area contributed by atoms with Crippen LogP contribution >= 0.6 is 11.6 Å². The molecular weight excluding hydrogens is 292 g/mol. The molecular formula is C15H17ClN2O3. The van der Waals surface area contributed by atoms with Gasteiger partial charge < -0.3 is 14.2 Å². The number of hydrogen-bond acceptors (Lipinski definition) is 4. The SMILES string of the molecule is COCOc1c(-c2ccnn2C)cc(Cl)c2c1OCCC2. The van der Waals surface area contributed by atoms with Gasteiger partial charge in [-0.15, -0.1) is 0 Å². The molecule has 0 atom stereocenters. The van der Waals surface area contributed by atoms with Crippen LogP contribution in [0.25, 0.3) is 11.3 Å². The van der Waals surface area contributed by atoms with Gasteiger partial charge in [-0.05, 0) is 25.0 Å². The second kappa shape index (κ2) is 5.95. The lowest BCUT2D eigenvalue weighted by atomic mass is 10.0. The molecule has 112 valence electrons. The van der Waals surface area contributed by atoms with Crippen molar-refractivity contribution in [1.29, 1.82) is 0 Å².